The van der Waals surface area contributed by atoms with E-state index in [-0.39, 0.29) is 11.8 Å². The number of nitrogens with zero attached hydrogens (tertiary/aromatic N) is 7. The highest BCUT2D eigenvalue weighted by Gasteiger charge is 2.29. The number of carbonyl (C=O) groups is 1. The van der Waals surface area contributed by atoms with Crippen LogP contribution >= 0.6 is 0 Å². The summed E-state index contributed by atoms with van der Waals surface area (Å²) in [5.41, 5.74) is 0.405. The zero-order chi connectivity index (χ0) is 18.6. The summed E-state index contributed by atoms with van der Waals surface area (Å²) in [7, 11) is 2.05. The van der Waals surface area contributed by atoms with Crippen LogP contribution in [0.5, 0.6) is 0 Å². The highest BCUT2D eigenvalue weighted by atomic mass is 16.2. The van der Waals surface area contributed by atoms with Crippen molar-refractivity contribution in [2.24, 2.45) is 7.05 Å². The number of likely N-dealkylation sites (tertiary alicyclic amines) is 2. The molecule has 2 fully saturated rings. The van der Waals surface area contributed by atoms with Crippen molar-refractivity contribution in [2.45, 2.75) is 44.6 Å². The lowest BCUT2D eigenvalue weighted by molar-refractivity contribution is 0.0696. The Kier molecular flexibility index (Phi) is 5.42. The summed E-state index contributed by atoms with van der Waals surface area (Å²) in [5, 5.41) is 16.7. The molecule has 4 rings (SSSR count). The monoisotopic (exact) mass is 369 g/mol. The van der Waals surface area contributed by atoms with Crippen molar-refractivity contribution in [2.75, 3.05) is 26.2 Å². The third-order valence-corrected chi connectivity index (χ3v) is 5.68. The molecule has 0 radical (unpaired) electrons. The third kappa shape index (κ3) is 4.00. The molecule has 8 nitrogen and oxygen atoms in total. The Labute approximate surface area is 159 Å². The molecule has 0 spiro atoms. The molecular weight excluding hydrogens is 342 g/mol. The minimum Gasteiger partial charge on any atom is -0.337 e. The fourth-order valence-corrected chi connectivity index (χ4v) is 4.14. The third-order valence-electron chi connectivity index (χ3n) is 5.68. The molecule has 0 aliphatic carbocycles. The summed E-state index contributed by atoms with van der Waals surface area (Å²) in [5.74, 6) is 2.17. The first-order valence-corrected chi connectivity index (χ1v) is 9.90. The molecule has 27 heavy (non-hydrogen) atoms. The van der Waals surface area contributed by atoms with Crippen LogP contribution in [0.15, 0.2) is 18.3 Å². The molecule has 0 saturated carbocycles. The van der Waals surface area contributed by atoms with Gasteiger partial charge in [-0.2, -0.15) is 5.10 Å². The zero-order valence-corrected chi connectivity index (χ0v) is 15.9. The summed E-state index contributed by atoms with van der Waals surface area (Å²) in [6.45, 7) is 4.56. The van der Waals surface area contributed by atoms with E-state index in [0.717, 1.165) is 50.7 Å². The Morgan fingerprint density at radius 2 is 1.96 bits per heavy atom. The van der Waals surface area contributed by atoms with E-state index in [1.807, 2.05) is 4.90 Å². The molecule has 0 bridgehead atoms. The number of piperidine rings is 2. The Balaban J connectivity index is 1.44. The van der Waals surface area contributed by atoms with Gasteiger partial charge in [-0.3, -0.25) is 9.69 Å². The lowest BCUT2D eigenvalue weighted by Crippen LogP contribution is -2.40. The Morgan fingerprint density at radius 1 is 1.11 bits per heavy atom. The van der Waals surface area contributed by atoms with Crippen LogP contribution in [0.2, 0.25) is 0 Å². The summed E-state index contributed by atoms with van der Waals surface area (Å²) in [6.07, 6.45) is 7.45. The second kappa shape index (κ2) is 8.12. The zero-order valence-electron chi connectivity index (χ0n) is 15.9. The van der Waals surface area contributed by atoms with Crippen molar-refractivity contribution in [1.82, 2.24) is 34.8 Å². The van der Waals surface area contributed by atoms with Crippen molar-refractivity contribution in [3.05, 3.63) is 35.7 Å². The molecule has 1 atom stereocenters. The molecule has 8 heteroatoms. The number of hydrogen-bond donors (Lipinski definition) is 0. The first-order valence-electron chi connectivity index (χ1n) is 9.90. The van der Waals surface area contributed by atoms with Gasteiger partial charge in [0.05, 0.1) is 6.54 Å². The van der Waals surface area contributed by atoms with Crippen LogP contribution < -0.4 is 0 Å². The van der Waals surface area contributed by atoms with Gasteiger partial charge in [-0.15, -0.1) is 15.3 Å². The molecule has 1 amide bonds. The highest BCUT2D eigenvalue weighted by molar-refractivity contribution is 5.92. The quantitative estimate of drug-likeness (QED) is 0.815. The van der Waals surface area contributed by atoms with Crippen LogP contribution in [0.3, 0.4) is 0 Å². The van der Waals surface area contributed by atoms with Crippen LogP contribution in [0.25, 0.3) is 0 Å². The Morgan fingerprint density at radius 3 is 2.74 bits per heavy atom. The van der Waals surface area contributed by atoms with E-state index >= 15 is 0 Å². The van der Waals surface area contributed by atoms with Gasteiger partial charge in [-0.25, -0.2) is 0 Å². The molecule has 2 aromatic rings. The van der Waals surface area contributed by atoms with Gasteiger partial charge in [0.15, 0.2) is 5.69 Å². The maximum absolute atomic E-state index is 12.7. The topological polar surface area (TPSA) is 80.0 Å². The summed E-state index contributed by atoms with van der Waals surface area (Å²) in [6, 6.07) is 3.47. The van der Waals surface area contributed by atoms with E-state index in [9.17, 15) is 4.79 Å². The minimum atomic E-state index is -0.0523. The van der Waals surface area contributed by atoms with Crippen molar-refractivity contribution in [1.29, 1.82) is 0 Å². The predicted octanol–water partition coefficient (Wildman–Crippen LogP) is 1.61. The van der Waals surface area contributed by atoms with Crippen LogP contribution in [0.4, 0.5) is 0 Å². The minimum absolute atomic E-state index is 0.0523. The molecule has 2 aliphatic heterocycles. The summed E-state index contributed by atoms with van der Waals surface area (Å²) >= 11 is 0. The molecular formula is C19H27N7O. The highest BCUT2D eigenvalue weighted by Crippen LogP contribution is 2.27. The molecule has 0 N–H and O–H groups in total. The predicted molar refractivity (Wildman–Crippen MR) is 100 cm³/mol. The molecule has 2 aromatic heterocycles. The van der Waals surface area contributed by atoms with E-state index in [0.29, 0.717) is 12.2 Å². The normalized spacial score (nSPS) is 21.4. The summed E-state index contributed by atoms with van der Waals surface area (Å²) < 4.78 is 2.13. The molecule has 2 aliphatic rings. The van der Waals surface area contributed by atoms with E-state index in [4.69, 9.17) is 0 Å². The molecule has 144 valence electrons. The average molecular weight is 369 g/mol. The average Bonchev–Trinajstić information content (AvgIpc) is 3.09. The Bertz CT molecular complexity index is 770. The molecule has 0 unspecified atom stereocenters. The maximum atomic E-state index is 12.7. The van der Waals surface area contributed by atoms with Crippen molar-refractivity contribution in [3.63, 3.8) is 0 Å². The number of amides is 1. The molecule has 0 aromatic carbocycles. The lowest BCUT2D eigenvalue weighted by Gasteiger charge is -2.32. The first kappa shape index (κ1) is 18.0. The van der Waals surface area contributed by atoms with Crippen molar-refractivity contribution >= 4 is 5.91 Å². The first-order chi connectivity index (χ1) is 13.2. The second-order valence-electron chi connectivity index (χ2n) is 7.57. The fraction of sp³-hybridized carbons (Fsp3) is 0.632. The SMILES string of the molecule is Cn1c(CN2CCCCC2)nnc1[C@H]1CCCN(C(=O)c2cccnn2)C1. The molecule has 2 saturated heterocycles. The number of hydrogen-bond acceptors (Lipinski definition) is 6. The van der Waals surface area contributed by atoms with E-state index < -0.39 is 0 Å². The van der Waals surface area contributed by atoms with Gasteiger partial charge in [0.25, 0.3) is 5.91 Å². The number of carbonyl (C=O) groups excluding carboxylic acids is 1. The van der Waals surface area contributed by atoms with E-state index in [2.05, 4.69) is 36.9 Å². The van der Waals surface area contributed by atoms with Gasteiger partial charge in [0.1, 0.15) is 11.6 Å². The standard InChI is InChI=1S/C19H27N7O/c1-24-17(14-25-10-3-2-4-11-25)22-23-18(24)15-7-6-12-26(13-15)19(27)16-8-5-9-20-21-16/h5,8-9,15H,2-4,6-7,10-14H2,1H3/t15-/m0/s1. The van der Waals surface area contributed by atoms with Crippen LogP contribution in [0, 0.1) is 0 Å². The van der Waals surface area contributed by atoms with Gasteiger partial charge < -0.3 is 9.47 Å². The van der Waals surface area contributed by atoms with Gasteiger partial charge in [-0.1, -0.05) is 6.42 Å². The van der Waals surface area contributed by atoms with Crippen LogP contribution in [-0.2, 0) is 13.6 Å². The van der Waals surface area contributed by atoms with Gasteiger partial charge in [-0.05, 0) is 50.9 Å². The van der Waals surface area contributed by atoms with E-state index in [1.165, 1.54) is 19.3 Å². The van der Waals surface area contributed by atoms with Gasteiger partial charge >= 0.3 is 0 Å². The second-order valence-corrected chi connectivity index (χ2v) is 7.57. The van der Waals surface area contributed by atoms with E-state index in [1.54, 1.807) is 18.3 Å². The van der Waals surface area contributed by atoms with Crippen molar-refractivity contribution < 1.29 is 4.79 Å². The van der Waals surface area contributed by atoms with Gasteiger partial charge in [0.2, 0.25) is 0 Å². The smallest absolute Gasteiger partial charge is 0.274 e. The fourth-order valence-electron chi connectivity index (χ4n) is 4.14. The number of rotatable bonds is 4. The molecule has 4 heterocycles. The van der Waals surface area contributed by atoms with Crippen molar-refractivity contribution in [3.8, 4) is 0 Å². The van der Waals surface area contributed by atoms with Crippen LogP contribution in [-0.4, -0.2) is 66.8 Å². The largest absolute Gasteiger partial charge is 0.337 e. The van der Waals surface area contributed by atoms with Gasteiger partial charge in [0, 0.05) is 32.3 Å². The Hall–Kier alpha value is -2.35. The lowest BCUT2D eigenvalue weighted by atomic mass is 9.97. The van der Waals surface area contributed by atoms with Crippen LogP contribution in [0.1, 0.15) is 60.2 Å². The summed E-state index contributed by atoms with van der Waals surface area (Å²) in [4.78, 5) is 17.0. The maximum Gasteiger partial charge on any atom is 0.274 e. The number of aromatic nitrogens is 5.